The molecule has 4 heteroatoms. The van der Waals surface area contributed by atoms with Crippen molar-refractivity contribution >= 4 is 17.3 Å². The van der Waals surface area contributed by atoms with Crippen molar-refractivity contribution in [3.05, 3.63) is 0 Å². The van der Waals surface area contributed by atoms with Gasteiger partial charge >= 0.3 is 0 Å². The fraction of sp³-hybridized carbons (Fsp3) is 0.833. The van der Waals surface area contributed by atoms with Crippen LogP contribution in [0, 0.1) is 17.8 Å². The quantitative estimate of drug-likeness (QED) is 0.618. The Hall–Kier alpha value is -1.03. The fourth-order valence-electron chi connectivity index (χ4n) is 2.33. The molecule has 0 aromatic carbocycles. The van der Waals surface area contributed by atoms with Gasteiger partial charge < -0.3 is 4.74 Å². The maximum Gasteiger partial charge on any atom is 0.168 e. The number of ether oxygens (including phenoxy) is 1. The maximum atomic E-state index is 12.8. The number of rotatable bonds is 10. The van der Waals surface area contributed by atoms with E-state index in [2.05, 4.69) is 0 Å². The first-order chi connectivity index (χ1) is 9.92. The highest BCUT2D eigenvalue weighted by Gasteiger charge is 2.45. The van der Waals surface area contributed by atoms with Gasteiger partial charge in [0.1, 0.15) is 17.2 Å². The Balaban J connectivity index is 5.75. The Morgan fingerprint density at radius 3 is 1.32 bits per heavy atom. The molecule has 0 heterocycles. The van der Waals surface area contributed by atoms with Gasteiger partial charge in [0.25, 0.3) is 0 Å². The van der Waals surface area contributed by atoms with Crippen LogP contribution < -0.4 is 0 Å². The lowest BCUT2D eigenvalue weighted by atomic mass is 9.79. The van der Waals surface area contributed by atoms with Crippen LogP contribution in [0.15, 0.2) is 0 Å². The first-order valence-electron chi connectivity index (χ1n) is 8.20. The summed E-state index contributed by atoms with van der Waals surface area (Å²) in [7, 11) is 0. The topological polar surface area (TPSA) is 60.4 Å². The first kappa shape index (κ1) is 21.0. The molecule has 0 atom stereocenters. The number of hydrogen-bond donors (Lipinski definition) is 0. The highest BCUT2D eigenvalue weighted by Crippen LogP contribution is 2.30. The van der Waals surface area contributed by atoms with Gasteiger partial charge in [0.2, 0.25) is 0 Å². The highest BCUT2D eigenvalue weighted by molar-refractivity contribution is 5.98. The summed E-state index contributed by atoms with van der Waals surface area (Å²) in [6, 6.07) is 0. The maximum absolute atomic E-state index is 12.8. The van der Waals surface area contributed by atoms with Gasteiger partial charge in [0.15, 0.2) is 5.78 Å². The van der Waals surface area contributed by atoms with E-state index >= 15 is 0 Å². The predicted molar refractivity (Wildman–Crippen MR) is 87.7 cm³/mol. The summed E-state index contributed by atoms with van der Waals surface area (Å²) in [5, 5.41) is 0. The fourth-order valence-corrected chi connectivity index (χ4v) is 2.33. The lowest BCUT2D eigenvalue weighted by Crippen LogP contribution is -2.50. The number of Topliss-reactive ketones (excluding diaryl/α,β-unsaturated/α-hetero) is 3. The molecule has 0 saturated heterocycles. The van der Waals surface area contributed by atoms with E-state index in [9.17, 15) is 14.4 Å². The normalized spacial score (nSPS) is 12.5. The molecule has 0 aromatic rings. The molecule has 4 nitrogen and oxygen atoms in total. The van der Waals surface area contributed by atoms with Gasteiger partial charge in [-0.3, -0.25) is 14.4 Å². The minimum atomic E-state index is -1.33. The molecule has 0 aromatic heterocycles. The summed E-state index contributed by atoms with van der Waals surface area (Å²) in [5.41, 5.74) is -1.33. The van der Waals surface area contributed by atoms with Crippen LogP contribution in [0.4, 0.5) is 0 Å². The van der Waals surface area contributed by atoms with Crippen LogP contribution in [0.1, 0.15) is 68.2 Å². The second kappa shape index (κ2) is 8.56. The zero-order chi connectivity index (χ0) is 17.7. The molecular formula is C18H32O4. The number of ketones is 3. The summed E-state index contributed by atoms with van der Waals surface area (Å²) < 4.78 is 5.91. The molecule has 0 amide bonds. The largest absolute Gasteiger partial charge is 0.364 e. The molecule has 0 aliphatic carbocycles. The van der Waals surface area contributed by atoms with Crippen LogP contribution in [-0.4, -0.2) is 29.1 Å². The highest BCUT2D eigenvalue weighted by atomic mass is 16.5. The minimum absolute atomic E-state index is 0.0294. The van der Waals surface area contributed by atoms with Crippen molar-refractivity contribution in [3.8, 4) is 0 Å². The van der Waals surface area contributed by atoms with Crippen molar-refractivity contribution in [1.82, 2.24) is 0 Å². The van der Waals surface area contributed by atoms with E-state index in [0.717, 1.165) is 0 Å². The predicted octanol–water partition coefficient (Wildman–Crippen LogP) is 3.61. The van der Waals surface area contributed by atoms with Crippen molar-refractivity contribution in [1.29, 1.82) is 0 Å². The number of hydrogen-bond acceptors (Lipinski definition) is 4. The molecule has 0 rings (SSSR count). The van der Waals surface area contributed by atoms with Crippen LogP contribution in [0.5, 0.6) is 0 Å². The van der Waals surface area contributed by atoms with Crippen molar-refractivity contribution in [3.63, 3.8) is 0 Å². The molecule has 22 heavy (non-hydrogen) atoms. The van der Waals surface area contributed by atoms with Gasteiger partial charge in [-0.05, 0) is 13.8 Å². The van der Waals surface area contributed by atoms with Crippen LogP contribution >= 0.6 is 0 Å². The summed E-state index contributed by atoms with van der Waals surface area (Å²) >= 11 is 0. The standard InChI is InChI=1S/C18H32O4/c1-11(2)15(19)9-18(22-14(7)8,17(21)13(5)6)10-16(20)12(3)4/h11-14H,9-10H2,1-8H3. The van der Waals surface area contributed by atoms with E-state index in [4.69, 9.17) is 4.74 Å². The second-order valence-corrected chi connectivity index (χ2v) is 7.28. The Morgan fingerprint density at radius 2 is 1.09 bits per heavy atom. The SMILES string of the molecule is CC(C)OC(CC(=O)C(C)C)(CC(=O)C(C)C)C(=O)C(C)C. The summed E-state index contributed by atoms with van der Waals surface area (Å²) in [5.74, 6) is -0.936. The molecule has 0 radical (unpaired) electrons. The molecule has 0 spiro atoms. The van der Waals surface area contributed by atoms with Gasteiger partial charge in [-0.2, -0.15) is 0 Å². The molecule has 0 aliphatic heterocycles. The van der Waals surface area contributed by atoms with E-state index < -0.39 is 5.60 Å². The van der Waals surface area contributed by atoms with Gasteiger partial charge in [-0.15, -0.1) is 0 Å². The van der Waals surface area contributed by atoms with Crippen LogP contribution in [0.2, 0.25) is 0 Å². The summed E-state index contributed by atoms with van der Waals surface area (Å²) in [4.78, 5) is 37.3. The molecule has 0 N–H and O–H groups in total. The smallest absolute Gasteiger partial charge is 0.168 e. The van der Waals surface area contributed by atoms with Crippen molar-refractivity contribution in [2.75, 3.05) is 0 Å². The Labute approximate surface area is 135 Å². The van der Waals surface area contributed by atoms with E-state index in [1.54, 1.807) is 41.5 Å². The molecular weight excluding hydrogens is 280 g/mol. The van der Waals surface area contributed by atoms with Gasteiger partial charge in [-0.1, -0.05) is 41.5 Å². The van der Waals surface area contributed by atoms with Crippen molar-refractivity contribution < 1.29 is 19.1 Å². The third-order valence-corrected chi connectivity index (χ3v) is 3.64. The Morgan fingerprint density at radius 1 is 0.727 bits per heavy atom. The Bertz CT molecular complexity index is 383. The van der Waals surface area contributed by atoms with E-state index in [1.165, 1.54) is 0 Å². The average molecular weight is 312 g/mol. The average Bonchev–Trinajstić information content (AvgIpc) is 2.35. The zero-order valence-electron chi connectivity index (χ0n) is 15.4. The van der Waals surface area contributed by atoms with Gasteiger partial charge in [0, 0.05) is 30.6 Å². The lowest BCUT2D eigenvalue weighted by molar-refractivity contribution is -0.164. The molecule has 0 aliphatic rings. The molecule has 128 valence electrons. The van der Waals surface area contributed by atoms with Crippen molar-refractivity contribution in [2.24, 2.45) is 17.8 Å². The van der Waals surface area contributed by atoms with Crippen molar-refractivity contribution in [2.45, 2.75) is 79.9 Å². The minimum Gasteiger partial charge on any atom is -0.364 e. The number of carbonyl (C=O) groups excluding carboxylic acids is 3. The third-order valence-electron chi connectivity index (χ3n) is 3.64. The van der Waals surface area contributed by atoms with Crippen LogP contribution in [0.3, 0.4) is 0 Å². The van der Waals surface area contributed by atoms with Gasteiger partial charge in [0.05, 0.1) is 6.10 Å². The molecule has 0 bridgehead atoms. The van der Waals surface area contributed by atoms with Crippen LogP contribution in [-0.2, 0) is 19.1 Å². The molecule has 0 fully saturated rings. The van der Waals surface area contributed by atoms with E-state index in [0.29, 0.717) is 0 Å². The third kappa shape index (κ3) is 5.99. The zero-order valence-corrected chi connectivity index (χ0v) is 15.4. The first-order valence-corrected chi connectivity index (χ1v) is 8.20. The van der Waals surface area contributed by atoms with Gasteiger partial charge in [-0.25, -0.2) is 0 Å². The monoisotopic (exact) mass is 312 g/mol. The number of carbonyl (C=O) groups is 3. The molecule has 0 unspecified atom stereocenters. The summed E-state index contributed by atoms with van der Waals surface area (Å²) in [6.07, 6.45) is -0.293. The summed E-state index contributed by atoms with van der Waals surface area (Å²) in [6.45, 7) is 14.4. The molecule has 0 saturated carbocycles. The Kier molecular flexibility index (Phi) is 8.16. The van der Waals surface area contributed by atoms with Crippen LogP contribution in [0.25, 0.3) is 0 Å². The lowest BCUT2D eigenvalue weighted by Gasteiger charge is -2.35. The second-order valence-electron chi connectivity index (χ2n) is 7.28. The van der Waals surface area contributed by atoms with E-state index in [1.807, 2.05) is 13.8 Å². The van der Waals surface area contributed by atoms with E-state index in [-0.39, 0.29) is 54.0 Å².